The van der Waals surface area contributed by atoms with Gasteiger partial charge in [0.25, 0.3) is 0 Å². The highest BCUT2D eigenvalue weighted by molar-refractivity contribution is 5.95. The van der Waals surface area contributed by atoms with Crippen LogP contribution >= 0.6 is 0 Å². The van der Waals surface area contributed by atoms with Gasteiger partial charge in [0.15, 0.2) is 0 Å². The Bertz CT molecular complexity index is 422. The van der Waals surface area contributed by atoms with Crippen LogP contribution in [0.3, 0.4) is 0 Å². The number of allylic oxidation sites excluding steroid dienone is 1. The molecule has 1 aliphatic rings. The summed E-state index contributed by atoms with van der Waals surface area (Å²) >= 11 is 0. The lowest BCUT2D eigenvalue weighted by molar-refractivity contribution is -0.116. The molecular weight excluding hydrogens is 198 g/mol. The zero-order valence-corrected chi connectivity index (χ0v) is 9.81. The summed E-state index contributed by atoms with van der Waals surface area (Å²) < 4.78 is 0. The standard InChI is InChI=1S/C14H17NO/c1-3-4-8-13-10-12-7-5-6-9-14(12)15(13)11(2)16/h4-9,13H,3,10H2,1-2H3/b8-4+/t13-/m1/s1. The molecule has 0 saturated carbocycles. The molecule has 0 fully saturated rings. The van der Waals surface area contributed by atoms with Crippen molar-refractivity contribution in [2.75, 3.05) is 4.90 Å². The Balaban J connectivity index is 2.33. The van der Waals surface area contributed by atoms with Crippen molar-refractivity contribution < 1.29 is 4.79 Å². The summed E-state index contributed by atoms with van der Waals surface area (Å²) in [6.07, 6.45) is 6.22. The van der Waals surface area contributed by atoms with Gasteiger partial charge in [0, 0.05) is 12.6 Å². The maximum atomic E-state index is 11.7. The Labute approximate surface area is 96.6 Å². The average Bonchev–Trinajstić information content (AvgIpc) is 2.64. The molecule has 0 aliphatic carbocycles. The summed E-state index contributed by atoms with van der Waals surface area (Å²) in [5.41, 5.74) is 2.34. The second-order valence-electron chi connectivity index (χ2n) is 4.13. The van der Waals surface area contributed by atoms with E-state index in [0.29, 0.717) is 0 Å². The van der Waals surface area contributed by atoms with Crippen molar-refractivity contribution in [2.45, 2.75) is 32.7 Å². The van der Waals surface area contributed by atoms with Crippen LogP contribution in [0.5, 0.6) is 0 Å². The zero-order valence-electron chi connectivity index (χ0n) is 9.81. The van der Waals surface area contributed by atoms with E-state index in [2.05, 4.69) is 25.1 Å². The molecule has 1 aromatic carbocycles. The van der Waals surface area contributed by atoms with Crippen molar-refractivity contribution in [1.29, 1.82) is 0 Å². The molecule has 0 radical (unpaired) electrons. The van der Waals surface area contributed by atoms with Crippen molar-refractivity contribution in [3.8, 4) is 0 Å². The van der Waals surface area contributed by atoms with E-state index in [-0.39, 0.29) is 11.9 Å². The molecule has 0 saturated heterocycles. The van der Waals surface area contributed by atoms with Crippen LogP contribution in [0, 0.1) is 0 Å². The molecule has 0 N–H and O–H groups in total. The SMILES string of the molecule is CC/C=C/[C@@H]1Cc2ccccc2N1C(C)=O. The molecule has 0 aromatic heterocycles. The van der Waals surface area contributed by atoms with Crippen LogP contribution in [0.4, 0.5) is 5.69 Å². The molecule has 1 aliphatic heterocycles. The molecular formula is C14H17NO. The van der Waals surface area contributed by atoms with Gasteiger partial charge >= 0.3 is 0 Å². The van der Waals surface area contributed by atoms with Gasteiger partial charge in [-0.05, 0) is 24.5 Å². The van der Waals surface area contributed by atoms with E-state index in [1.54, 1.807) is 6.92 Å². The van der Waals surface area contributed by atoms with Gasteiger partial charge in [-0.25, -0.2) is 0 Å². The van der Waals surface area contributed by atoms with Crippen molar-refractivity contribution in [2.24, 2.45) is 0 Å². The predicted molar refractivity (Wildman–Crippen MR) is 66.5 cm³/mol. The average molecular weight is 215 g/mol. The zero-order chi connectivity index (χ0) is 11.5. The first-order valence-electron chi connectivity index (χ1n) is 5.78. The van der Waals surface area contributed by atoms with Crippen LogP contribution in [-0.4, -0.2) is 11.9 Å². The van der Waals surface area contributed by atoms with E-state index in [1.807, 2.05) is 23.1 Å². The number of carbonyl (C=O) groups is 1. The number of hydrogen-bond acceptors (Lipinski definition) is 1. The van der Waals surface area contributed by atoms with Crippen LogP contribution in [0.1, 0.15) is 25.8 Å². The molecule has 0 bridgehead atoms. The lowest BCUT2D eigenvalue weighted by Gasteiger charge is -2.21. The monoisotopic (exact) mass is 215 g/mol. The van der Waals surface area contributed by atoms with Gasteiger partial charge in [0.05, 0.1) is 6.04 Å². The van der Waals surface area contributed by atoms with Gasteiger partial charge in [-0.2, -0.15) is 0 Å². The summed E-state index contributed by atoms with van der Waals surface area (Å²) in [6.45, 7) is 3.74. The highest BCUT2D eigenvalue weighted by Crippen LogP contribution is 2.32. The Morgan fingerprint density at radius 2 is 2.25 bits per heavy atom. The Hall–Kier alpha value is -1.57. The van der Waals surface area contributed by atoms with Gasteiger partial charge in [0.2, 0.25) is 5.91 Å². The minimum absolute atomic E-state index is 0.121. The fourth-order valence-corrected chi connectivity index (χ4v) is 2.26. The topological polar surface area (TPSA) is 20.3 Å². The fourth-order valence-electron chi connectivity index (χ4n) is 2.26. The minimum atomic E-state index is 0.121. The maximum Gasteiger partial charge on any atom is 0.224 e. The lowest BCUT2D eigenvalue weighted by atomic mass is 10.1. The lowest BCUT2D eigenvalue weighted by Crippen LogP contribution is -2.34. The Morgan fingerprint density at radius 1 is 1.50 bits per heavy atom. The van der Waals surface area contributed by atoms with E-state index in [0.717, 1.165) is 18.5 Å². The maximum absolute atomic E-state index is 11.7. The Kier molecular flexibility index (Phi) is 3.09. The first-order chi connectivity index (χ1) is 7.74. The molecule has 2 rings (SSSR count). The first-order valence-corrected chi connectivity index (χ1v) is 5.78. The number of nitrogens with zero attached hydrogens (tertiary/aromatic N) is 1. The first kappa shape index (κ1) is 10.9. The second kappa shape index (κ2) is 4.52. The third kappa shape index (κ3) is 1.87. The smallest absolute Gasteiger partial charge is 0.224 e. The van der Waals surface area contributed by atoms with E-state index in [1.165, 1.54) is 5.56 Å². The van der Waals surface area contributed by atoms with Crippen molar-refractivity contribution in [3.63, 3.8) is 0 Å². The minimum Gasteiger partial charge on any atom is -0.305 e. The molecule has 1 heterocycles. The molecule has 0 unspecified atom stereocenters. The summed E-state index contributed by atoms with van der Waals surface area (Å²) in [5, 5.41) is 0. The van der Waals surface area contributed by atoms with Crippen LogP contribution in [0.15, 0.2) is 36.4 Å². The molecule has 16 heavy (non-hydrogen) atoms. The van der Waals surface area contributed by atoms with Crippen molar-refractivity contribution in [1.82, 2.24) is 0 Å². The number of carbonyl (C=O) groups excluding carboxylic acids is 1. The van der Waals surface area contributed by atoms with Crippen LogP contribution < -0.4 is 4.90 Å². The third-order valence-corrected chi connectivity index (χ3v) is 2.95. The molecule has 2 heteroatoms. The van der Waals surface area contributed by atoms with Gasteiger partial charge in [-0.15, -0.1) is 0 Å². The number of rotatable bonds is 2. The fraction of sp³-hybridized carbons (Fsp3) is 0.357. The Morgan fingerprint density at radius 3 is 2.94 bits per heavy atom. The number of para-hydroxylation sites is 1. The van der Waals surface area contributed by atoms with Gasteiger partial charge < -0.3 is 4.90 Å². The van der Waals surface area contributed by atoms with Gasteiger partial charge in [-0.1, -0.05) is 37.3 Å². The summed E-state index contributed by atoms with van der Waals surface area (Å²) in [4.78, 5) is 13.6. The number of hydrogen-bond donors (Lipinski definition) is 0. The molecule has 0 spiro atoms. The van der Waals surface area contributed by atoms with Crippen LogP contribution in [0.25, 0.3) is 0 Å². The number of amides is 1. The van der Waals surface area contributed by atoms with Gasteiger partial charge in [0.1, 0.15) is 0 Å². The van der Waals surface area contributed by atoms with Crippen molar-refractivity contribution >= 4 is 11.6 Å². The van der Waals surface area contributed by atoms with E-state index in [9.17, 15) is 4.79 Å². The molecule has 2 nitrogen and oxygen atoms in total. The highest BCUT2D eigenvalue weighted by atomic mass is 16.2. The van der Waals surface area contributed by atoms with Gasteiger partial charge in [-0.3, -0.25) is 4.79 Å². The number of fused-ring (bicyclic) bond motifs is 1. The normalized spacial score (nSPS) is 19.1. The molecule has 1 amide bonds. The van der Waals surface area contributed by atoms with E-state index >= 15 is 0 Å². The van der Waals surface area contributed by atoms with E-state index in [4.69, 9.17) is 0 Å². The number of benzene rings is 1. The highest BCUT2D eigenvalue weighted by Gasteiger charge is 2.29. The van der Waals surface area contributed by atoms with Crippen molar-refractivity contribution in [3.05, 3.63) is 42.0 Å². The van der Waals surface area contributed by atoms with Crippen LogP contribution in [0.2, 0.25) is 0 Å². The molecule has 1 aromatic rings. The second-order valence-corrected chi connectivity index (χ2v) is 4.13. The number of anilines is 1. The predicted octanol–water partition coefficient (Wildman–Crippen LogP) is 2.93. The third-order valence-electron chi connectivity index (χ3n) is 2.95. The molecule has 1 atom stereocenters. The molecule has 84 valence electrons. The summed E-state index contributed by atoms with van der Waals surface area (Å²) in [6, 6.07) is 8.35. The largest absolute Gasteiger partial charge is 0.305 e. The summed E-state index contributed by atoms with van der Waals surface area (Å²) in [5.74, 6) is 0.121. The van der Waals surface area contributed by atoms with Crippen LogP contribution in [-0.2, 0) is 11.2 Å². The quantitative estimate of drug-likeness (QED) is 0.695. The van der Waals surface area contributed by atoms with E-state index < -0.39 is 0 Å². The summed E-state index contributed by atoms with van der Waals surface area (Å²) in [7, 11) is 0.